The summed E-state index contributed by atoms with van der Waals surface area (Å²) >= 11 is 0. The van der Waals surface area contributed by atoms with Crippen molar-refractivity contribution < 1.29 is 9.90 Å². The molecule has 0 amide bonds. The lowest BCUT2D eigenvalue weighted by molar-refractivity contribution is 0.0697. The molecule has 0 bridgehead atoms. The van der Waals surface area contributed by atoms with Crippen molar-refractivity contribution in [2.75, 3.05) is 11.1 Å². The summed E-state index contributed by atoms with van der Waals surface area (Å²) in [7, 11) is 0. The van der Waals surface area contributed by atoms with Gasteiger partial charge in [-0.3, -0.25) is 0 Å². The zero-order valence-corrected chi connectivity index (χ0v) is 11.7. The van der Waals surface area contributed by atoms with E-state index in [1.54, 1.807) is 12.1 Å². The Balaban J connectivity index is 1.79. The lowest BCUT2D eigenvalue weighted by atomic mass is 9.88. The molecule has 0 aromatic heterocycles. The lowest BCUT2D eigenvalue weighted by Crippen LogP contribution is -2.27. The molecule has 2 aromatic rings. The number of aryl methyl sites for hydroxylation is 1. The van der Waals surface area contributed by atoms with E-state index in [2.05, 4.69) is 29.6 Å². The Morgan fingerprint density at radius 1 is 1.19 bits per heavy atom. The Kier molecular flexibility index (Phi) is 3.52. The van der Waals surface area contributed by atoms with Gasteiger partial charge in [0.25, 0.3) is 0 Å². The number of nitrogens with one attached hydrogen (secondary N) is 1. The van der Waals surface area contributed by atoms with E-state index in [0.29, 0.717) is 11.4 Å². The van der Waals surface area contributed by atoms with Crippen LogP contribution in [-0.4, -0.2) is 17.1 Å². The van der Waals surface area contributed by atoms with E-state index in [-0.39, 0.29) is 11.6 Å². The van der Waals surface area contributed by atoms with Crippen LogP contribution in [0.15, 0.2) is 42.5 Å². The van der Waals surface area contributed by atoms with E-state index >= 15 is 0 Å². The second-order valence-electron chi connectivity index (χ2n) is 5.46. The number of hydrogen-bond acceptors (Lipinski definition) is 3. The molecule has 1 aliphatic rings. The number of carbonyl (C=O) groups is 1. The standard InChI is InChI=1S/C17H18N2O2/c18-15-8-6-13(17(20)21)10-16(15)19-14-7-5-11-3-1-2-4-12(11)9-14/h1-4,6,8,10,14,19H,5,7,9,18H2,(H,20,21). The smallest absolute Gasteiger partial charge is 0.335 e. The predicted molar refractivity (Wildman–Crippen MR) is 83.7 cm³/mol. The number of benzene rings is 2. The topological polar surface area (TPSA) is 75.4 Å². The molecule has 0 saturated heterocycles. The molecule has 4 nitrogen and oxygen atoms in total. The molecule has 0 heterocycles. The van der Waals surface area contributed by atoms with Crippen molar-refractivity contribution in [3.8, 4) is 0 Å². The average molecular weight is 282 g/mol. The van der Waals surface area contributed by atoms with Gasteiger partial charge in [0.1, 0.15) is 0 Å². The van der Waals surface area contributed by atoms with Crippen LogP contribution in [0.1, 0.15) is 27.9 Å². The fraction of sp³-hybridized carbons (Fsp3) is 0.235. The van der Waals surface area contributed by atoms with Gasteiger partial charge in [-0.05, 0) is 48.6 Å². The summed E-state index contributed by atoms with van der Waals surface area (Å²) in [6.07, 6.45) is 2.99. The van der Waals surface area contributed by atoms with E-state index in [9.17, 15) is 4.79 Å². The Labute approximate surface area is 123 Å². The van der Waals surface area contributed by atoms with Crippen molar-refractivity contribution in [1.29, 1.82) is 0 Å². The van der Waals surface area contributed by atoms with Crippen molar-refractivity contribution in [2.45, 2.75) is 25.3 Å². The third-order valence-corrected chi connectivity index (χ3v) is 4.01. The summed E-state index contributed by atoms with van der Waals surface area (Å²) in [6, 6.07) is 13.5. The molecule has 21 heavy (non-hydrogen) atoms. The molecule has 0 fully saturated rings. The van der Waals surface area contributed by atoms with Gasteiger partial charge in [-0.15, -0.1) is 0 Å². The fourth-order valence-corrected chi connectivity index (χ4v) is 2.86. The summed E-state index contributed by atoms with van der Waals surface area (Å²) < 4.78 is 0. The highest BCUT2D eigenvalue weighted by Crippen LogP contribution is 2.26. The number of hydrogen-bond donors (Lipinski definition) is 3. The number of carboxylic acid groups (broad SMARTS) is 1. The molecule has 0 saturated carbocycles. The molecule has 1 aliphatic carbocycles. The molecule has 0 aliphatic heterocycles. The van der Waals surface area contributed by atoms with Gasteiger partial charge >= 0.3 is 5.97 Å². The highest BCUT2D eigenvalue weighted by Gasteiger charge is 2.19. The molecule has 0 spiro atoms. The maximum absolute atomic E-state index is 11.1. The zero-order valence-electron chi connectivity index (χ0n) is 11.7. The van der Waals surface area contributed by atoms with Gasteiger partial charge < -0.3 is 16.2 Å². The van der Waals surface area contributed by atoms with Crippen LogP contribution in [0.5, 0.6) is 0 Å². The van der Waals surface area contributed by atoms with Gasteiger partial charge in [-0.25, -0.2) is 4.79 Å². The van der Waals surface area contributed by atoms with Crippen molar-refractivity contribution in [1.82, 2.24) is 0 Å². The Morgan fingerprint density at radius 3 is 2.71 bits per heavy atom. The Hall–Kier alpha value is -2.49. The minimum Gasteiger partial charge on any atom is -0.478 e. The summed E-state index contributed by atoms with van der Waals surface area (Å²) in [4.78, 5) is 11.1. The number of rotatable bonds is 3. The van der Waals surface area contributed by atoms with Crippen LogP contribution in [0.25, 0.3) is 0 Å². The highest BCUT2D eigenvalue weighted by molar-refractivity contribution is 5.90. The molecule has 1 atom stereocenters. The second-order valence-corrected chi connectivity index (χ2v) is 5.46. The van der Waals surface area contributed by atoms with Crippen molar-refractivity contribution in [3.05, 3.63) is 59.2 Å². The number of aromatic carboxylic acids is 1. The largest absolute Gasteiger partial charge is 0.478 e. The van der Waals surface area contributed by atoms with Gasteiger partial charge in [-0.2, -0.15) is 0 Å². The monoisotopic (exact) mass is 282 g/mol. The third-order valence-electron chi connectivity index (χ3n) is 4.01. The summed E-state index contributed by atoms with van der Waals surface area (Å²) in [5, 5.41) is 12.5. The highest BCUT2D eigenvalue weighted by atomic mass is 16.4. The van der Waals surface area contributed by atoms with Crippen LogP contribution in [0.4, 0.5) is 11.4 Å². The van der Waals surface area contributed by atoms with E-state index in [1.807, 2.05) is 0 Å². The summed E-state index contributed by atoms with van der Waals surface area (Å²) in [5.74, 6) is -0.938. The van der Waals surface area contributed by atoms with Gasteiger partial charge in [-0.1, -0.05) is 24.3 Å². The molecular weight excluding hydrogens is 264 g/mol. The number of anilines is 2. The van der Waals surface area contributed by atoms with Crippen LogP contribution < -0.4 is 11.1 Å². The van der Waals surface area contributed by atoms with Gasteiger partial charge in [0.15, 0.2) is 0 Å². The maximum Gasteiger partial charge on any atom is 0.335 e. The minimum absolute atomic E-state index is 0.253. The molecule has 3 rings (SSSR count). The SMILES string of the molecule is Nc1ccc(C(=O)O)cc1NC1CCc2ccccc2C1. The molecular formula is C17H18N2O2. The number of nitrogens with two attached hydrogens (primary N) is 1. The van der Waals surface area contributed by atoms with Gasteiger partial charge in [0, 0.05) is 6.04 Å². The zero-order chi connectivity index (χ0) is 14.8. The van der Waals surface area contributed by atoms with Crippen molar-refractivity contribution >= 4 is 17.3 Å². The van der Waals surface area contributed by atoms with Gasteiger partial charge in [0.05, 0.1) is 16.9 Å². The minimum atomic E-state index is -0.938. The molecule has 4 N–H and O–H groups in total. The average Bonchev–Trinajstić information content (AvgIpc) is 2.49. The van der Waals surface area contributed by atoms with Crippen LogP contribution in [-0.2, 0) is 12.8 Å². The third kappa shape index (κ3) is 2.84. The van der Waals surface area contributed by atoms with Crippen molar-refractivity contribution in [3.63, 3.8) is 0 Å². The summed E-state index contributed by atoms with van der Waals surface area (Å²) in [6.45, 7) is 0. The normalized spacial score (nSPS) is 17.0. The van der Waals surface area contributed by atoms with Crippen LogP contribution in [0, 0.1) is 0 Å². The van der Waals surface area contributed by atoms with E-state index in [1.165, 1.54) is 17.2 Å². The van der Waals surface area contributed by atoms with E-state index in [4.69, 9.17) is 10.8 Å². The van der Waals surface area contributed by atoms with E-state index < -0.39 is 5.97 Å². The van der Waals surface area contributed by atoms with E-state index in [0.717, 1.165) is 19.3 Å². The molecule has 2 aromatic carbocycles. The van der Waals surface area contributed by atoms with Crippen LogP contribution >= 0.6 is 0 Å². The summed E-state index contributed by atoms with van der Waals surface area (Å²) in [5.41, 5.74) is 10.2. The fourth-order valence-electron chi connectivity index (χ4n) is 2.86. The first-order valence-corrected chi connectivity index (χ1v) is 7.09. The second kappa shape index (κ2) is 5.48. The maximum atomic E-state index is 11.1. The number of carboxylic acids is 1. The quantitative estimate of drug-likeness (QED) is 0.757. The first-order valence-electron chi connectivity index (χ1n) is 7.09. The van der Waals surface area contributed by atoms with Crippen molar-refractivity contribution in [2.24, 2.45) is 0 Å². The number of fused-ring (bicyclic) bond motifs is 1. The molecule has 4 heteroatoms. The Bertz CT molecular complexity index is 682. The molecule has 108 valence electrons. The number of nitrogen functional groups attached to an aromatic ring is 1. The molecule has 1 unspecified atom stereocenters. The lowest BCUT2D eigenvalue weighted by Gasteiger charge is -2.27. The molecule has 0 radical (unpaired) electrons. The first-order chi connectivity index (χ1) is 10.1. The van der Waals surface area contributed by atoms with Crippen LogP contribution in [0.3, 0.4) is 0 Å². The predicted octanol–water partition coefficient (Wildman–Crippen LogP) is 2.94. The van der Waals surface area contributed by atoms with Gasteiger partial charge in [0.2, 0.25) is 0 Å². The first kappa shape index (κ1) is 13.5. The Morgan fingerprint density at radius 2 is 1.95 bits per heavy atom. The van der Waals surface area contributed by atoms with Crippen LogP contribution in [0.2, 0.25) is 0 Å².